The first-order valence-corrected chi connectivity index (χ1v) is 6.31. The number of carbonyl (C=O) groups excluding carboxylic acids is 1. The molecule has 4 N–H and O–H groups in total. The monoisotopic (exact) mass is 293 g/mol. The summed E-state index contributed by atoms with van der Waals surface area (Å²) in [5.41, 5.74) is 6.00. The summed E-state index contributed by atoms with van der Waals surface area (Å²) in [6.07, 6.45) is 0. The van der Waals surface area contributed by atoms with Crippen LogP contribution in [-0.2, 0) is 0 Å². The Kier molecular flexibility index (Phi) is 4.45. The van der Waals surface area contributed by atoms with Crippen LogP contribution in [0.25, 0.3) is 0 Å². The third kappa shape index (κ3) is 3.42. The summed E-state index contributed by atoms with van der Waals surface area (Å²) in [4.78, 5) is 11.9. The zero-order valence-corrected chi connectivity index (χ0v) is 11.0. The van der Waals surface area contributed by atoms with Gasteiger partial charge < -0.3 is 21.0 Å². The highest BCUT2D eigenvalue weighted by Gasteiger charge is 2.12. The molecule has 2 aromatic rings. The molecule has 2 rings (SSSR count). The fourth-order valence-electron chi connectivity index (χ4n) is 1.33. The fourth-order valence-corrected chi connectivity index (χ4v) is 1.76. The van der Waals surface area contributed by atoms with E-state index in [-0.39, 0.29) is 18.1 Å². The quantitative estimate of drug-likeness (QED) is 0.326. The number of carbonyl (C=O) groups is 1. The summed E-state index contributed by atoms with van der Waals surface area (Å²) < 4.78 is 8.96. The first-order chi connectivity index (χ1) is 9.70. The Hall–Kier alpha value is -2.68. The van der Waals surface area contributed by atoms with E-state index in [0.717, 1.165) is 11.5 Å². The molecular formula is C11H11N5O3S. The van der Waals surface area contributed by atoms with E-state index < -0.39 is 5.91 Å². The minimum absolute atomic E-state index is 0.0742. The van der Waals surface area contributed by atoms with Crippen LogP contribution in [0.3, 0.4) is 0 Å². The molecule has 0 saturated carbocycles. The van der Waals surface area contributed by atoms with E-state index in [2.05, 4.69) is 20.1 Å². The molecule has 0 radical (unpaired) electrons. The first-order valence-electron chi connectivity index (χ1n) is 5.47. The molecule has 0 spiro atoms. The molecule has 0 aliphatic carbocycles. The van der Waals surface area contributed by atoms with E-state index in [0.29, 0.717) is 11.4 Å². The van der Waals surface area contributed by atoms with Gasteiger partial charge in [-0.3, -0.25) is 4.79 Å². The van der Waals surface area contributed by atoms with E-state index in [1.807, 2.05) is 0 Å². The zero-order valence-electron chi connectivity index (χ0n) is 10.2. The van der Waals surface area contributed by atoms with Crippen LogP contribution in [0.1, 0.15) is 10.5 Å². The van der Waals surface area contributed by atoms with Gasteiger partial charge in [-0.15, -0.1) is 5.10 Å². The van der Waals surface area contributed by atoms with Crippen molar-refractivity contribution in [2.75, 3.05) is 11.9 Å². The maximum Gasteiger partial charge on any atom is 0.277 e. The van der Waals surface area contributed by atoms with Crippen LogP contribution in [0.5, 0.6) is 5.75 Å². The van der Waals surface area contributed by atoms with Crippen molar-refractivity contribution in [3.63, 3.8) is 0 Å². The standard InChI is InChI=1S/C11H11N5O3S/c12-10(15-18)5-19-9-4-2-1-3-7(9)13-11(17)8-6-20-16-14-8/h1-4,6,18H,5H2,(H2,12,15)(H,13,17). The normalized spacial score (nSPS) is 11.1. The van der Waals surface area contributed by atoms with E-state index in [1.165, 1.54) is 5.38 Å². The number of hydrogen-bond acceptors (Lipinski definition) is 7. The van der Waals surface area contributed by atoms with Gasteiger partial charge in [-0.25, -0.2) is 0 Å². The molecule has 0 aliphatic heterocycles. The van der Waals surface area contributed by atoms with Crippen molar-refractivity contribution in [1.82, 2.24) is 9.59 Å². The van der Waals surface area contributed by atoms with Gasteiger partial charge in [0.2, 0.25) is 0 Å². The Morgan fingerprint density at radius 1 is 1.50 bits per heavy atom. The molecule has 0 atom stereocenters. The Bertz CT molecular complexity index is 614. The maximum atomic E-state index is 11.9. The van der Waals surface area contributed by atoms with Crippen molar-refractivity contribution in [3.8, 4) is 5.75 Å². The number of hydrogen-bond donors (Lipinski definition) is 3. The van der Waals surface area contributed by atoms with Gasteiger partial charge in [-0.05, 0) is 23.7 Å². The molecule has 0 fully saturated rings. The Labute approximate surface area is 118 Å². The topological polar surface area (TPSA) is 123 Å². The third-order valence-corrected chi connectivity index (χ3v) is 2.74. The molecule has 104 valence electrons. The zero-order chi connectivity index (χ0) is 14.4. The van der Waals surface area contributed by atoms with Crippen molar-refractivity contribution in [3.05, 3.63) is 35.3 Å². The lowest BCUT2D eigenvalue weighted by Crippen LogP contribution is -2.21. The van der Waals surface area contributed by atoms with Gasteiger partial charge in [0.25, 0.3) is 5.91 Å². The first kappa shape index (κ1) is 13.7. The van der Waals surface area contributed by atoms with Crippen molar-refractivity contribution < 1.29 is 14.7 Å². The SMILES string of the molecule is NC(COc1ccccc1NC(=O)c1csnn1)=NO. The van der Waals surface area contributed by atoms with Crippen molar-refractivity contribution >= 4 is 29.0 Å². The van der Waals surface area contributed by atoms with Crippen LogP contribution in [0.15, 0.2) is 34.8 Å². The predicted octanol–water partition coefficient (Wildman–Crippen LogP) is 0.916. The van der Waals surface area contributed by atoms with Crippen LogP contribution in [0, 0.1) is 0 Å². The Morgan fingerprint density at radius 3 is 3.00 bits per heavy atom. The van der Waals surface area contributed by atoms with E-state index in [9.17, 15) is 4.79 Å². The highest BCUT2D eigenvalue weighted by atomic mass is 32.1. The average molecular weight is 293 g/mol. The highest BCUT2D eigenvalue weighted by Crippen LogP contribution is 2.24. The Morgan fingerprint density at radius 2 is 2.30 bits per heavy atom. The molecule has 1 aromatic carbocycles. The number of nitrogens with one attached hydrogen (secondary N) is 1. The molecule has 20 heavy (non-hydrogen) atoms. The van der Waals surface area contributed by atoms with E-state index >= 15 is 0 Å². The summed E-state index contributed by atoms with van der Waals surface area (Å²) >= 11 is 1.09. The average Bonchev–Trinajstić information content (AvgIpc) is 3.00. The van der Waals surface area contributed by atoms with Gasteiger partial charge in [0.05, 0.1) is 5.69 Å². The summed E-state index contributed by atoms with van der Waals surface area (Å²) in [6, 6.07) is 6.80. The van der Waals surface area contributed by atoms with Gasteiger partial charge in [0.1, 0.15) is 12.4 Å². The smallest absolute Gasteiger partial charge is 0.277 e. The summed E-state index contributed by atoms with van der Waals surface area (Å²) in [6.45, 7) is -0.0956. The number of ether oxygens (including phenoxy) is 1. The number of benzene rings is 1. The minimum atomic E-state index is -0.390. The second-order valence-corrected chi connectivity index (χ2v) is 4.23. The van der Waals surface area contributed by atoms with Gasteiger partial charge in [0.15, 0.2) is 11.5 Å². The number of aromatic nitrogens is 2. The predicted molar refractivity (Wildman–Crippen MR) is 73.2 cm³/mol. The highest BCUT2D eigenvalue weighted by molar-refractivity contribution is 7.03. The fraction of sp³-hybridized carbons (Fsp3) is 0.0909. The maximum absolute atomic E-state index is 11.9. The second-order valence-electron chi connectivity index (χ2n) is 3.62. The molecule has 9 heteroatoms. The van der Waals surface area contributed by atoms with Crippen molar-refractivity contribution in [2.45, 2.75) is 0 Å². The molecule has 0 aliphatic rings. The molecule has 1 heterocycles. The molecule has 0 unspecified atom stereocenters. The van der Waals surface area contributed by atoms with E-state index in [1.54, 1.807) is 24.3 Å². The van der Waals surface area contributed by atoms with Gasteiger partial charge >= 0.3 is 0 Å². The number of amides is 1. The number of rotatable bonds is 5. The van der Waals surface area contributed by atoms with Crippen LogP contribution in [-0.4, -0.2) is 33.1 Å². The van der Waals surface area contributed by atoms with Crippen molar-refractivity contribution in [1.29, 1.82) is 0 Å². The van der Waals surface area contributed by atoms with Gasteiger partial charge in [-0.1, -0.05) is 21.8 Å². The van der Waals surface area contributed by atoms with Gasteiger partial charge in [-0.2, -0.15) is 0 Å². The molecule has 0 saturated heterocycles. The number of nitrogens with two attached hydrogens (primary N) is 1. The largest absolute Gasteiger partial charge is 0.483 e. The molecule has 1 amide bonds. The lowest BCUT2D eigenvalue weighted by Gasteiger charge is -2.11. The van der Waals surface area contributed by atoms with Crippen molar-refractivity contribution in [2.24, 2.45) is 10.9 Å². The van der Waals surface area contributed by atoms with Crippen LogP contribution < -0.4 is 15.8 Å². The van der Waals surface area contributed by atoms with E-state index in [4.69, 9.17) is 15.7 Å². The summed E-state index contributed by atoms with van der Waals surface area (Å²) in [5.74, 6) is -0.0657. The molecule has 1 aromatic heterocycles. The molecular weight excluding hydrogens is 282 g/mol. The molecule has 8 nitrogen and oxygen atoms in total. The number of nitrogens with zero attached hydrogens (tertiary/aromatic N) is 3. The third-order valence-electron chi connectivity index (χ3n) is 2.23. The lowest BCUT2D eigenvalue weighted by atomic mass is 10.3. The van der Waals surface area contributed by atoms with Gasteiger partial charge in [0, 0.05) is 5.38 Å². The van der Waals surface area contributed by atoms with Crippen LogP contribution >= 0.6 is 11.5 Å². The summed E-state index contributed by atoms with van der Waals surface area (Å²) in [7, 11) is 0. The van der Waals surface area contributed by atoms with Crippen LogP contribution in [0.2, 0.25) is 0 Å². The Balaban J connectivity index is 2.09. The number of anilines is 1. The lowest BCUT2D eigenvalue weighted by molar-refractivity contribution is 0.102. The number of para-hydroxylation sites is 2. The van der Waals surface area contributed by atoms with Crippen LogP contribution in [0.4, 0.5) is 5.69 Å². The second kappa shape index (κ2) is 6.48. The summed E-state index contributed by atoms with van der Waals surface area (Å²) in [5, 5.41) is 19.1. The minimum Gasteiger partial charge on any atom is -0.483 e. The number of oxime groups is 1. The number of amidine groups is 1. The molecule has 0 bridgehead atoms.